The van der Waals surface area contributed by atoms with Gasteiger partial charge in [0.05, 0.1) is 6.26 Å². The van der Waals surface area contributed by atoms with Gasteiger partial charge in [-0.1, -0.05) is 25.5 Å². The normalized spacial score (nSPS) is 15.1. The molecule has 0 bridgehead atoms. The van der Waals surface area contributed by atoms with Crippen LogP contribution in [-0.4, -0.2) is 25.5 Å². The van der Waals surface area contributed by atoms with Crippen LogP contribution in [0.1, 0.15) is 48.7 Å². The SMILES string of the molecule is CCC1(CNC(=NC)NCc2ccc(NC(=O)c3ccco3)cc2)CCC1.I. The number of nitrogens with zero attached hydrogens (tertiary/aromatic N) is 1. The summed E-state index contributed by atoms with van der Waals surface area (Å²) >= 11 is 0. The number of hydrogen-bond donors (Lipinski definition) is 3. The molecule has 6 nitrogen and oxygen atoms in total. The van der Waals surface area contributed by atoms with Crippen molar-refractivity contribution in [2.45, 2.75) is 39.2 Å². The Balaban J connectivity index is 0.00000280. The highest BCUT2D eigenvalue weighted by Crippen LogP contribution is 2.42. The van der Waals surface area contributed by atoms with Gasteiger partial charge in [-0.15, -0.1) is 24.0 Å². The van der Waals surface area contributed by atoms with Crippen LogP contribution in [0.15, 0.2) is 52.1 Å². The maximum Gasteiger partial charge on any atom is 0.291 e. The Morgan fingerprint density at radius 1 is 1.18 bits per heavy atom. The van der Waals surface area contributed by atoms with Gasteiger partial charge < -0.3 is 20.4 Å². The van der Waals surface area contributed by atoms with Gasteiger partial charge in [0.15, 0.2) is 11.7 Å². The van der Waals surface area contributed by atoms with Gasteiger partial charge in [-0.2, -0.15) is 0 Å². The maximum atomic E-state index is 12.0. The number of carbonyl (C=O) groups is 1. The highest BCUT2D eigenvalue weighted by molar-refractivity contribution is 14.0. The summed E-state index contributed by atoms with van der Waals surface area (Å²) < 4.78 is 5.09. The molecular weight excluding hydrogens is 467 g/mol. The Kier molecular flexibility index (Phi) is 8.35. The van der Waals surface area contributed by atoms with Crippen molar-refractivity contribution in [1.82, 2.24) is 10.6 Å². The Morgan fingerprint density at radius 2 is 1.93 bits per heavy atom. The van der Waals surface area contributed by atoms with E-state index in [2.05, 4.69) is 27.9 Å². The minimum atomic E-state index is -0.253. The first-order chi connectivity index (χ1) is 13.1. The van der Waals surface area contributed by atoms with Gasteiger partial charge in [-0.25, -0.2) is 0 Å². The Bertz CT molecular complexity index is 763. The summed E-state index contributed by atoms with van der Waals surface area (Å²) in [5.41, 5.74) is 2.30. The van der Waals surface area contributed by atoms with E-state index in [0.717, 1.165) is 23.8 Å². The fourth-order valence-electron chi connectivity index (χ4n) is 3.32. The number of nitrogens with one attached hydrogen (secondary N) is 3. The lowest BCUT2D eigenvalue weighted by Gasteiger charge is -2.41. The summed E-state index contributed by atoms with van der Waals surface area (Å²) in [6, 6.07) is 11.1. The molecule has 1 saturated carbocycles. The molecule has 1 fully saturated rings. The molecule has 1 aliphatic rings. The van der Waals surface area contributed by atoms with E-state index in [4.69, 9.17) is 4.42 Å². The molecule has 0 radical (unpaired) electrons. The molecule has 28 heavy (non-hydrogen) atoms. The molecule has 3 rings (SSSR count). The third-order valence-corrected chi connectivity index (χ3v) is 5.44. The van der Waals surface area contributed by atoms with E-state index < -0.39 is 0 Å². The molecule has 2 aromatic rings. The third-order valence-electron chi connectivity index (χ3n) is 5.44. The monoisotopic (exact) mass is 496 g/mol. The summed E-state index contributed by atoms with van der Waals surface area (Å²) in [6.07, 6.45) is 6.64. The van der Waals surface area contributed by atoms with Gasteiger partial charge in [0.2, 0.25) is 0 Å². The number of hydrogen-bond acceptors (Lipinski definition) is 3. The van der Waals surface area contributed by atoms with Crippen molar-refractivity contribution in [2.75, 3.05) is 18.9 Å². The zero-order chi connectivity index (χ0) is 19.1. The molecule has 0 saturated heterocycles. The number of carbonyl (C=O) groups excluding carboxylic acids is 1. The highest BCUT2D eigenvalue weighted by atomic mass is 127. The van der Waals surface area contributed by atoms with Crippen molar-refractivity contribution in [2.24, 2.45) is 10.4 Å². The molecule has 3 N–H and O–H groups in total. The molecule has 1 amide bonds. The fourth-order valence-corrected chi connectivity index (χ4v) is 3.32. The number of amides is 1. The molecule has 0 spiro atoms. The van der Waals surface area contributed by atoms with E-state index in [1.165, 1.54) is 31.9 Å². The number of guanidine groups is 1. The van der Waals surface area contributed by atoms with Crippen molar-refractivity contribution >= 4 is 41.5 Å². The molecule has 1 aliphatic carbocycles. The zero-order valence-electron chi connectivity index (χ0n) is 16.5. The summed E-state index contributed by atoms with van der Waals surface area (Å²) in [7, 11) is 1.79. The van der Waals surface area contributed by atoms with Crippen LogP contribution >= 0.6 is 24.0 Å². The fraction of sp³-hybridized carbons (Fsp3) is 0.429. The van der Waals surface area contributed by atoms with Gasteiger partial charge in [-0.3, -0.25) is 9.79 Å². The average Bonchev–Trinajstić information content (AvgIpc) is 3.19. The summed E-state index contributed by atoms with van der Waals surface area (Å²) in [6.45, 7) is 3.91. The molecule has 7 heteroatoms. The first-order valence-corrected chi connectivity index (χ1v) is 9.52. The Labute approximate surface area is 183 Å². The first kappa shape index (κ1) is 22.3. The van der Waals surface area contributed by atoms with E-state index in [1.54, 1.807) is 19.2 Å². The lowest BCUT2D eigenvalue weighted by Crippen LogP contribution is -2.46. The standard InChI is InChI=1S/C21H28N4O2.HI/c1-3-21(11-5-12-21)15-24-20(22-2)23-14-16-7-9-17(10-8-16)25-19(26)18-6-4-13-27-18;/h4,6-10,13H,3,5,11-12,14-15H2,1-2H3,(H,25,26)(H2,22,23,24);1H. The predicted molar refractivity (Wildman–Crippen MR) is 123 cm³/mol. The Hall–Kier alpha value is -2.03. The molecule has 0 aliphatic heterocycles. The number of rotatable bonds is 7. The van der Waals surface area contributed by atoms with Gasteiger partial charge in [0, 0.05) is 25.8 Å². The van der Waals surface area contributed by atoms with Crippen molar-refractivity contribution < 1.29 is 9.21 Å². The summed E-state index contributed by atoms with van der Waals surface area (Å²) in [5.74, 6) is 0.869. The number of anilines is 1. The molecule has 152 valence electrons. The number of halogens is 1. The molecule has 1 aromatic carbocycles. The predicted octanol–water partition coefficient (Wildman–Crippen LogP) is 4.40. The van der Waals surface area contributed by atoms with E-state index in [-0.39, 0.29) is 29.9 Å². The second kappa shape index (κ2) is 10.5. The zero-order valence-corrected chi connectivity index (χ0v) is 18.8. The first-order valence-electron chi connectivity index (χ1n) is 9.52. The van der Waals surface area contributed by atoms with Crippen LogP contribution in [0.2, 0.25) is 0 Å². The third kappa shape index (κ3) is 5.73. The second-order valence-electron chi connectivity index (χ2n) is 7.11. The lowest BCUT2D eigenvalue weighted by atomic mass is 9.67. The lowest BCUT2D eigenvalue weighted by molar-refractivity contribution is 0.0996. The second-order valence-corrected chi connectivity index (χ2v) is 7.11. The van der Waals surface area contributed by atoms with E-state index >= 15 is 0 Å². The van der Waals surface area contributed by atoms with E-state index in [0.29, 0.717) is 17.7 Å². The van der Waals surface area contributed by atoms with Crippen LogP contribution < -0.4 is 16.0 Å². The maximum absolute atomic E-state index is 12.0. The minimum Gasteiger partial charge on any atom is -0.459 e. The van der Waals surface area contributed by atoms with Crippen molar-refractivity contribution in [3.8, 4) is 0 Å². The van der Waals surface area contributed by atoms with Gasteiger partial charge in [-0.05, 0) is 54.5 Å². The number of benzene rings is 1. The molecule has 1 heterocycles. The van der Waals surface area contributed by atoms with Gasteiger partial charge in [0.25, 0.3) is 5.91 Å². The van der Waals surface area contributed by atoms with Crippen LogP contribution in [0, 0.1) is 5.41 Å². The van der Waals surface area contributed by atoms with Crippen LogP contribution in [0.4, 0.5) is 5.69 Å². The van der Waals surface area contributed by atoms with E-state index in [9.17, 15) is 4.79 Å². The van der Waals surface area contributed by atoms with Crippen LogP contribution in [-0.2, 0) is 6.54 Å². The number of furan rings is 1. The minimum absolute atomic E-state index is 0. The summed E-state index contributed by atoms with van der Waals surface area (Å²) in [5, 5.41) is 9.62. The quantitative estimate of drug-likeness (QED) is 0.302. The van der Waals surface area contributed by atoms with Crippen LogP contribution in [0.3, 0.4) is 0 Å². The highest BCUT2D eigenvalue weighted by Gasteiger charge is 2.34. The topological polar surface area (TPSA) is 78.7 Å². The Morgan fingerprint density at radius 3 is 2.46 bits per heavy atom. The van der Waals surface area contributed by atoms with Crippen molar-refractivity contribution in [1.29, 1.82) is 0 Å². The smallest absolute Gasteiger partial charge is 0.291 e. The van der Waals surface area contributed by atoms with Crippen molar-refractivity contribution in [3.63, 3.8) is 0 Å². The van der Waals surface area contributed by atoms with Crippen molar-refractivity contribution in [3.05, 3.63) is 54.0 Å². The molecule has 1 aromatic heterocycles. The van der Waals surface area contributed by atoms with Crippen LogP contribution in [0.25, 0.3) is 0 Å². The number of aliphatic imine (C=N–C) groups is 1. The summed E-state index contributed by atoms with van der Waals surface area (Å²) in [4.78, 5) is 16.3. The molecule has 0 atom stereocenters. The van der Waals surface area contributed by atoms with Gasteiger partial charge in [0.1, 0.15) is 0 Å². The van der Waals surface area contributed by atoms with Gasteiger partial charge >= 0.3 is 0 Å². The average molecular weight is 496 g/mol. The largest absolute Gasteiger partial charge is 0.459 e. The van der Waals surface area contributed by atoms with E-state index in [1.807, 2.05) is 24.3 Å². The van der Waals surface area contributed by atoms with Crippen LogP contribution in [0.5, 0.6) is 0 Å². The molecular formula is C21H29IN4O2. The molecule has 0 unspecified atom stereocenters.